The van der Waals surface area contributed by atoms with Gasteiger partial charge in [0.05, 0.1) is 23.7 Å². The molecule has 0 amide bonds. The second-order valence-electron chi connectivity index (χ2n) is 6.18. The summed E-state index contributed by atoms with van der Waals surface area (Å²) in [7, 11) is 0. The van der Waals surface area contributed by atoms with Crippen LogP contribution in [0.4, 0.5) is 4.39 Å². The molecule has 2 aliphatic carbocycles. The fourth-order valence-electron chi connectivity index (χ4n) is 3.87. The zero-order valence-corrected chi connectivity index (χ0v) is 11.6. The van der Waals surface area contributed by atoms with Crippen LogP contribution < -0.4 is 0 Å². The molecule has 0 N–H and O–H groups in total. The van der Waals surface area contributed by atoms with Crippen LogP contribution in [0.5, 0.6) is 0 Å². The van der Waals surface area contributed by atoms with E-state index in [0.717, 1.165) is 24.2 Å². The van der Waals surface area contributed by atoms with Gasteiger partial charge in [0.1, 0.15) is 11.4 Å². The third kappa shape index (κ3) is 1.54. The quantitative estimate of drug-likeness (QED) is 0.751. The molecule has 2 fully saturated rings. The lowest BCUT2D eigenvalue weighted by atomic mass is 9.77. The van der Waals surface area contributed by atoms with Crippen molar-refractivity contribution in [1.82, 2.24) is 9.78 Å². The number of hydrogen-bond acceptors (Lipinski definition) is 2. The zero-order chi connectivity index (χ0) is 14.0. The summed E-state index contributed by atoms with van der Waals surface area (Å²) in [4.78, 5) is 0. The number of fused-ring (bicyclic) bond motifs is 1. The smallest absolute Gasteiger partial charge is 0.123 e. The van der Waals surface area contributed by atoms with Crippen LogP contribution in [0.25, 0.3) is 11.8 Å². The van der Waals surface area contributed by atoms with Crippen LogP contribution in [-0.4, -0.2) is 21.5 Å². The Morgan fingerprint density at radius 2 is 2.14 bits per heavy atom. The highest BCUT2D eigenvalue weighted by molar-refractivity contribution is 5.64. The maximum Gasteiger partial charge on any atom is 0.123 e. The number of hydrogen-bond donors (Lipinski definition) is 0. The van der Waals surface area contributed by atoms with Crippen molar-refractivity contribution in [2.45, 2.75) is 37.4 Å². The van der Waals surface area contributed by atoms with E-state index in [1.54, 1.807) is 12.1 Å². The minimum absolute atomic E-state index is 0.0120. The molecule has 1 spiro atoms. The van der Waals surface area contributed by atoms with Gasteiger partial charge in [-0.05, 0) is 55.2 Å². The minimum Gasteiger partial charge on any atom is -0.361 e. The average molecular weight is 282 g/mol. The Hall–Kier alpha value is -1.94. The lowest BCUT2D eigenvalue weighted by Gasteiger charge is -2.25. The zero-order valence-electron chi connectivity index (χ0n) is 11.6. The van der Waals surface area contributed by atoms with E-state index in [-0.39, 0.29) is 11.4 Å². The molecule has 3 aliphatic rings. The van der Waals surface area contributed by atoms with E-state index in [2.05, 4.69) is 11.2 Å². The predicted octanol–water partition coefficient (Wildman–Crippen LogP) is 3.27. The number of aromatic nitrogens is 2. The number of benzene rings is 1. The van der Waals surface area contributed by atoms with E-state index in [0.29, 0.717) is 6.10 Å². The summed E-state index contributed by atoms with van der Waals surface area (Å²) in [6.07, 6.45) is 9.02. The molecule has 1 aromatic heterocycles. The first-order valence-corrected chi connectivity index (χ1v) is 7.48. The van der Waals surface area contributed by atoms with Crippen LogP contribution in [0.15, 0.2) is 36.0 Å². The van der Waals surface area contributed by atoms with Crippen LogP contribution in [-0.2, 0) is 11.2 Å². The monoisotopic (exact) mass is 282 g/mol. The van der Waals surface area contributed by atoms with Gasteiger partial charge in [-0.2, -0.15) is 5.10 Å². The highest BCUT2D eigenvalue weighted by Crippen LogP contribution is 2.55. The van der Waals surface area contributed by atoms with Crippen LogP contribution in [0.1, 0.15) is 30.5 Å². The largest absolute Gasteiger partial charge is 0.361 e. The van der Waals surface area contributed by atoms with Crippen LogP contribution >= 0.6 is 0 Å². The third-order valence-electron chi connectivity index (χ3n) is 4.99. The van der Waals surface area contributed by atoms with Gasteiger partial charge in [0.25, 0.3) is 0 Å². The average Bonchev–Trinajstić information content (AvgIpc) is 3.07. The highest BCUT2D eigenvalue weighted by Gasteiger charge is 2.61. The molecule has 0 radical (unpaired) electrons. The minimum atomic E-state index is -0.224. The van der Waals surface area contributed by atoms with Gasteiger partial charge in [0.2, 0.25) is 0 Å². The van der Waals surface area contributed by atoms with Crippen molar-refractivity contribution in [3.63, 3.8) is 0 Å². The van der Waals surface area contributed by atoms with Gasteiger partial charge in [0.15, 0.2) is 0 Å². The van der Waals surface area contributed by atoms with Gasteiger partial charge < -0.3 is 4.74 Å². The van der Waals surface area contributed by atoms with Crippen molar-refractivity contribution in [2.75, 3.05) is 0 Å². The van der Waals surface area contributed by atoms with Crippen molar-refractivity contribution in [1.29, 1.82) is 0 Å². The van der Waals surface area contributed by atoms with Gasteiger partial charge >= 0.3 is 0 Å². The van der Waals surface area contributed by atoms with Crippen LogP contribution in [0.3, 0.4) is 0 Å². The fraction of sp³-hybridized carbons (Fsp3) is 0.353. The Labute approximate surface area is 122 Å². The number of rotatable bonds is 1. The molecule has 1 aromatic carbocycles. The van der Waals surface area contributed by atoms with Gasteiger partial charge in [0, 0.05) is 12.0 Å². The Morgan fingerprint density at radius 3 is 3.00 bits per heavy atom. The normalized spacial score (nSPS) is 29.2. The van der Waals surface area contributed by atoms with Crippen LogP contribution in [0.2, 0.25) is 0 Å². The molecule has 21 heavy (non-hydrogen) atoms. The fourth-order valence-corrected chi connectivity index (χ4v) is 3.87. The highest BCUT2D eigenvalue weighted by atomic mass is 19.1. The standard InChI is InChI=1S/C17H15FN2O/c18-13-4-6-14(7-5-13)20-15-8-12-2-1-3-16-17(12,21-16)9-11(15)10-19-20/h4-8,10,16H,1-3,9H2/t16?,17-/m1/s1. The van der Waals surface area contributed by atoms with Gasteiger partial charge in [-0.3, -0.25) is 0 Å². The Balaban J connectivity index is 1.62. The Bertz CT molecular complexity index is 762. The Morgan fingerprint density at radius 1 is 1.29 bits per heavy atom. The number of epoxide rings is 1. The molecule has 5 rings (SSSR count). The summed E-state index contributed by atoms with van der Waals surface area (Å²) in [5.74, 6) is -0.224. The molecule has 2 atom stereocenters. The first kappa shape index (κ1) is 11.7. The van der Waals surface area contributed by atoms with E-state index in [9.17, 15) is 4.39 Å². The van der Waals surface area contributed by atoms with E-state index < -0.39 is 0 Å². The molecular formula is C17H15FN2O. The molecule has 2 heterocycles. The van der Waals surface area contributed by atoms with Gasteiger partial charge in [-0.1, -0.05) is 0 Å². The molecule has 1 aliphatic heterocycles. The second kappa shape index (κ2) is 3.83. The summed E-state index contributed by atoms with van der Waals surface area (Å²) < 4.78 is 21.0. The maximum absolute atomic E-state index is 13.1. The summed E-state index contributed by atoms with van der Waals surface area (Å²) in [5.41, 5.74) is 4.65. The molecule has 1 saturated heterocycles. The van der Waals surface area contributed by atoms with Crippen LogP contribution in [0, 0.1) is 5.82 Å². The molecule has 1 saturated carbocycles. The predicted molar refractivity (Wildman–Crippen MR) is 76.7 cm³/mol. The van der Waals surface area contributed by atoms with Crippen molar-refractivity contribution < 1.29 is 9.13 Å². The third-order valence-corrected chi connectivity index (χ3v) is 4.99. The Kier molecular flexibility index (Phi) is 2.13. The summed E-state index contributed by atoms with van der Waals surface area (Å²) in [6, 6.07) is 6.48. The number of halogens is 1. The second-order valence-corrected chi connectivity index (χ2v) is 6.18. The SMILES string of the molecule is Fc1ccc(-n2ncc3c2C=C2CCCC4O[C@]24C3)cc1. The summed E-state index contributed by atoms with van der Waals surface area (Å²) >= 11 is 0. The summed E-state index contributed by atoms with van der Waals surface area (Å²) in [6.45, 7) is 0. The maximum atomic E-state index is 13.1. The molecule has 2 aromatic rings. The van der Waals surface area contributed by atoms with Gasteiger partial charge in [-0.15, -0.1) is 0 Å². The molecule has 3 nitrogen and oxygen atoms in total. The lowest BCUT2D eigenvalue weighted by Crippen LogP contribution is -2.28. The summed E-state index contributed by atoms with van der Waals surface area (Å²) in [5, 5.41) is 4.50. The van der Waals surface area contributed by atoms with E-state index in [1.807, 2.05) is 10.9 Å². The van der Waals surface area contributed by atoms with Crippen molar-refractivity contribution >= 4 is 6.08 Å². The topological polar surface area (TPSA) is 30.4 Å². The van der Waals surface area contributed by atoms with Crippen molar-refractivity contribution in [3.8, 4) is 5.69 Å². The molecule has 0 bridgehead atoms. The van der Waals surface area contributed by atoms with Gasteiger partial charge in [-0.25, -0.2) is 9.07 Å². The lowest BCUT2D eigenvalue weighted by molar-refractivity contribution is 0.321. The molecule has 4 heteroatoms. The number of ether oxygens (including phenoxy) is 1. The number of nitrogens with zero attached hydrogens (tertiary/aromatic N) is 2. The first-order chi connectivity index (χ1) is 10.3. The molecular weight excluding hydrogens is 267 g/mol. The molecule has 106 valence electrons. The first-order valence-electron chi connectivity index (χ1n) is 7.48. The van der Waals surface area contributed by atoms with Crippen molar-refractivity contribution in [3.05, 3.63) is 53.1 Å². The van der Waals surface area contributed by atoms with E-state index in [4.69, 9.17) is 4.74 Å². The van der Waals surface area contributed by atoms with E-state index in [1.165, 1.54) is 36.1 Å². The molecule has 1 unspecified atom stereocenters. The van der Waals surface area contributed by atoms with E-state index >= 15 is 0 Å². The van der Waals surface area contributed by atoms with Crippen molar-refractivity contribution in [2.24, 2.45) is 0 Å².